The van der Waals surface area contributed by atoms with Gasteiger partial charge in [0.05, 0.1) is 25.1 Å². The van der Waals surface area contributed by atoms with E-state index in [0.717, 1.165) is 16.7 Å². The van der Waals surface area contributed by atoms with Crippen LogP contribution in [0.25, 0.3) is 0 Å². The first kappa shape index (κ1) is 25.6. The number of hydrogen-bond donors (Lipinski definition) is 1. The molecule has 32 heavy (non-hydrogen) atoms. The lowest BCUT2D eigenvalue weighted by Gasteiger charge is -2.26. The van der Waals surface area contributed by atoms with Crippen molar-refractivity contribution in [3.8, 4) is 5.75 Å². The highest BCUT2D eigenvalue weighted by atomic mass is 35.5. The Balaban J connectivity index is 0.00000363. The van der Waals surface area contributed by atoms with Gasteiger partial charge in [-0.2, -0.15) is 0 Å². The Morgan fingerprint density at radius 2 is 1.91 bits per heavy atom. The fourth-order valence-corrected chi connectivity index (χ4v) is 3.93. The van der Waals surface area contributed by atoms with Crippen molar-refractivity contribution in [2.75, 3.05) is 13.7 Å². The standard InChI is InChI=1S/C24H28ClNO5.H3N/c1-16(2)31-22(13-18-9-10-21(29-3)19(11-18)14-25)23(27)26-20(15-30-24(26)28)12-17-7-5-4-6-8-17;/h4-11,16,20,22H,12-15H2,1-3H3;1H3/t20-,22-;/m0./s1. The van der Waals surface area contributed by atoms with E-state index in [2.05, 4.69) is 0 Å². The largest absolute Gasteiger partial charge is 0.496 e. The van der Waals surface area contributed by atoms with Crippen LogP contribution in [0.3, 0.4) is 0 Å². The molecule has 3 N–H and O–H groups in total. The number of cyclic esters (lactones) is 1. The summed E-state index contributed by atoms with van der Waals surface area (Å²) in [6.07, 6.45) is -0.788. The molecule has 8 heteroatoms. The zero-order valence-electron chi connectivity index (χ0n) is 18.8. The number of rotatable bonds is 9. The first-order valence-corrected chi connectivity index (χ1v) is 10.9. The zero-order valence-corrected chi connectivity index (χ0v) is 19.5. The van der Waals surface area contributed by atoms with Gasteiger partial charge in [-0.05, 0) is 37.5 Å². The third kappa shape index (κ3) is 6.22. The van der Waals surface area contributed by atoms with E-state index in [1.165, 1.54) is 4.90 Å². The molecule has 2 aromatic carbocycles. The number of ether oxygens (including phenoxy) is 3. The lowest BCUT2D eigenvalue weighted by atomic mass is 10.0. The van der Waals surface area contributed by atoms with Gasteiger partial charge in [0.1, 0.15) is 18.5 Å². The maximum atomic E-state index is 13.4. The molecular weight excluding hydrogens is 432 g/mol. The van der Waals surface area contributed by atoms with Crippen molar-refractivity contribution in [2.45, 2.75) is 50.8 Å². The second-order valence-electron chi connectivity index (χ2n) is 7.79. The van der Waals surface area contributed by atoms with Gasteiger partial charge in [0.25, 0.3) is 5.91 Å². The molecule has 2 atom stereocenters. The Morgan fingerprint density at radius 1 is 1.19 bits per heavy atom. The topological polar surface area (TPSA) is 100 Å². The van der Waals surface area contributed by atoms with Crippen LogP contribution in [0.2, 0.25) is 0 Å². The average molecular weight is 463 g/mol. The highest BCUT2D eigenvalue weighted by Gasteiger charge is 2.41. The van der Waals surface area contributed by atoms with Crippen LogP contribution in [0.1, 0.15) is 30.5 Å². The molecule has 2 aromatic rings. The quantitative estimate of drug-likeness (QED) is 0.550. The Kier molecular flexibility index (Phi) is 9.50. The molecule has 174 valence electrons. The van der Waals surface area contributed by atoms with Gasteiger partial charge in [0.15, 0.2) is 0 Å². The number of nitrogens with zero attached hydrogens (tertiary/aromatic N) is 1. The minimum atomic E-state index is -0.819. The average Bonchev–Trinajstić information content (AvgIpc) is 3.12. The Morgan fingerprint density at radius 3 is 2.53 bits per heavy atom. The molecule has 0 aromatic heterocycles. The van der Waals surface area contributed by atoms with Gasteiger partial charge in [-0.25, -0.2) is 9.69 Å². The van der Waals surface area contributed by atoms with E-state index in [4.69, 9.17) is 25.8 Å². The van der Waals surface area contributed by atoms with Gasteiger partial charge >= 0.3 is 6.09 Å². The van der Waals surface area contributed by atoms with Crippen molar-refractivity contribution in [2.24, 2.45) is 0 Å². The minimum absolute atomic E-state index is 0. The maximum absolute atomic E-state index is 13.4. The van der Waals surface area contributed by atoms with Gasteiger partial charge in [0, 0.05) is 12.0 Å². The molecule has 7 nitrogen and oxygen atoms in total. The predicted octanol–water partition coefficient (Wildman–Crippen LogP) is 4.52. The molecule has 2 amide bonds. The lowest BCUT2D eigenvalue weighted by Crippen LogP contribution is -2.47. The molecule has 1 fully saturated rings. The molecule has 0 radical (unpaired) electrons. The zero-order chi connectivity index (χ0) is 22.4. The summed E-state index contributed by atoms with van der Waals surface area (Å²) in [5.74, 6) is 0.593. The molecule has 1 saturated heterocycles. The number of imide groups is 1. The number of halogens is 1. The second-order valence-corrected chi connectivity index (χ2v) is 8.05. The minimum Gasteiger partial charge on any atom is -0.496 e. The van der Waals surface area contributed by atoms with Gasteiger partial charge in [-0.3, -0.25) is 4.79 Å². The number of carbonyl (C=O) groups excluding carboxylic acids is 2. The summed E-state index contributed by atoms with van der Waals surface area (Å²) in [6.45, 7) is 3.90. The summed E-state index contributed by atoms with van der Waals surface area (Å²) >= 11 is 6.04. The first-order valence-electron chi connectivity index (χ1n) is 10.3. The van der Waals surface area contributed by atoms with Crippen LogP contribution in [0.15, 0.2) is 48.5 Å². The van der Waals surface area contributed by atoms with Crippen LogP contribution >= 0.6 is 11.6 Å². The fourth-order valence-electron chi connectivity index (χ4n) is 3.72. The molecule has 0 saturated carbocycles. The van der Waals surface area contributed by atoms with Gasteiger partial charge < -0.3 is 20.4 Å². The van der Waals surface area contributed by atoms with Crippen molar-refractivity contribution in [3.05, 3.63) is 65.2 Å². The summed E-state index contributed by atoms with van der Waals surface area (Å²) < 4.78 is 16.5. The summed E-state index contributed by atoms with van der Waals surface area (Å²) in [5.41, 5.74) is 2.74. The molecule has 0 bridgehead atoms. The van der Waals surface area contributed by atoms with E-state index in [1.807, 2.05) is 62.4 Å². The van der Waals surface area contributed by atoms with Crippen molar-refractivity contribution in [1.82, 2.24) is 11.1 Å². The van der Waals surface area contributed by atoms with E-state index in [-0.39, 0.29) is 36.7 Å². The summed E-state index contributed by atoms with van der Waals surface area (Å²) in [7, 11) is 1.59. The van der Waals surface area contributed by atoms with Crippen LogP contribution in [0.4, 0.5) is 4.79 Å². The second kappa shape index (κ2) is 11.9. The number of methoxy groups -OCH3 is 1. The van der Waals surface area contributed by atoms with E-state index in [0.29, 0.717) is 18.6 Å². The lowest BCUT2D eigenvalue weighted by molar-refractivity contribution is -0.144. The predicted molar refractivity (Wildman–Crippen MR) is 123 cm³/mol. The molecule has 0 aliphatic carbocycles. The van der Waals surface area contributed by atoms with Crippen LogP contribution in [0, 0.1) is 0 Å². The normalized spacial score (nSPS) is 16.5. The third-order valence-corrected chi connectivity index (χ3v) is 5.42. The van der Waals surface area contributed by atoms with Crippen molar-refractivity contribution in [1.29, 1.82) is 0 Å². The fraction of sp³-hybridized carbons (Fsp3) is 0.417. The van der Waals surface area contributed by atoms with Gasteiger partial charge in [0.2, 0.25) is 0 Å². The highest BCUT2D eigenvalue weighted by molar-refractivity contribution is 6.17. The Hall–Kier alpha value is -2.61. The summed E-state index contributed by atoms with van der Waals surface area (Å²) in [6, 6.07) is 15.0. The van der Waals surface area contributed by atoms with E-state index < -0.39 is 12.2 Å². The molecule has 1 aliphatic rings. The number of hydrogen-bond acceptors (Lipinski definition) is 6. The smallest absolute Gasteiger partial charge is 0.417 e. The first-order chi connectivity index (χ1) is 14.9. The monoisotopic (exact) mass is 462 g/mol. The number of benzene rings is 2. The van der Waals surface area contributed by atoms with Crippen molar-refractivity contribution >= 4 is 23.6 Å². The molecule has 0 unspecified atom stereocenters. The van der Waals surface area contributed by atoms with Crippen molar-refractivity contribution < 1.29 is 23.8 Å². The van der Waals surface area contributed by atoms with E-state index in [9.17, 15) is 9.59 Å². The number of alkyl halides is 1. The molecule has 1 heterocycles. The molecular formula is C24H31ClN2O5. The Labute approximate surface area is 194 Å². The summed E-state index contributed by atoms with van der Waals surface area (Å²) in [5, 5.41) is 0. The SMILES string of the molecule is COc1ccc(C[C@H](OC(C)C)C(=O)N2C(=O)OC[C@@H]2Cc2ccccc2)cc1CCl.N. The molecule has 1 aliphatic heterocycles. The number of amides is 2. The van der Waals surface area contributed by atoms with E-state index >= 15 is 0 Å². The van der Waals surface area contributed by atoms with Crippen LogP contribution in [0.5, 0.6) is 5.75 Å². The van der Waals surface area contributed by atoms with Crippen LogP contribution in [-0.4, -0.2) is 48.9 Å². The van der Waals surface area contributed by atoms with Crippen LogP contribution in [-0.2, 0) is 33.0 Å². The van der Waals surface area contributed by atoms with Crippen molar-refractivity contribution in [3.63, 3.8) is 0 Å². The molecule has 0 spiro atoms. The molecule has 3 rings (SSSR count). The van der Waals surface area contributed by atoms with Crippen LogP contribution < -0.4 is 10.9 Å². The highest BCUT2D eigenvalue weighted by Crippen LogP contribution is 2.25. The van der Waals surface area contributed by atoms with Gasteiger partial charge in [-0.15, -0.1) is 11.6 Å². The third-order valence-electron chi connectivity index (χ3n) is 5.13. The maximum Gasteiger partial charge on any atom is 0.417 e. The Bertz CT molecular complexity index is 907. The van der Waals surface area contributed by atoms with Gasteiger partial charge in [-0.1, -0.05) is 42.5 Å². The number of carbonyl (C=O) groups is 2. The van der Waals surface area contributed by atoms with E-state index in [1.54, 1.807) is 7.11 Å². The summed E-state index contributed by atoms with van der Waals surface area (Å²) in [4.78, 5) is 27.1.